The quantitative estimate of drug-likeness (QED) is 0.448. The highest BCUT2D eigenvalue weighted by molar-refractivity contribution is 7.79. The second kappa shape index (κ2) is 4.01. The van der Waals surface area contributed by atoms with Crippen molar-refractivity contribution in [3.05, 3.63) is 11.6 Å². The Balaban J connectivity index is 2.12. The lowest BCUT2D eigenvalue weighted by molar-refractivity contribution is 0.459. The van der Waals surface area contributed by atoms with Crippen molar-refractivity contribution in [3.63, 3.8) is 0 Å². The summed E-state index contributed by atoms with van der Waals surface area (Å²) in [6, 6.07) is 0. The van der Waals surface area contributed by atoms with Gasteiger partial charge in [-0.3, -0.25) is 0 Å². The van der Waals surface area contributed by atoms with Crippen LogP contribution in [-0.2, 0) is 0 Å². The first-order valence-electron chi connectivity index (χ1n) is 4.37. The number of hydrogen-bond donors (Lipinski definition) is 0. The van der Waals surface area contributed by atoms with E-state index in [0.29, 0.717) is 5.92 Å². The Bertz CT molecular complexity index is 170. The number of allylic oxidation sites excluding steroid dienone is 2. The van der Waals surface area contributed by atoms with Crippen molar-refractivity contribution >= 4 is 17.6 Å². The minimum Gasteiger partial charge on any atom is -0.0932 e. The van der Waals surface area contributed by atoms with Gasteiger partial charge >= 0.3 is 0 Å². The average molecular weight is 168 g/mol. The van der Waals surface area contributed by atoms with Crippen LogP contribution in [0.25, 0.3) is 0 Å². The molecule has 2 atom stereocenters. The maximum absolute atomic E-state index is 4.91. The van der Waals surface area contributed by atoms with Gasteiger partial charge in [-0.05, 0) is 36.5 Å². The lowest BCUT2D eigenvalue weighted by Crippen LogP contribution is -2.07. The molecule has 1 rings (SSSR count). The van der Waals surface area contributed by atoms with Crippen molar-refractivity contribution < 1.29 is 0 Å². The van der Waals surface area contributed by atoms with Gasteiger partial charge in [0.05, 0.1) is 0 Å². The Kier molecular flexibility index (Phi) is 3.25. The molecular formula is C10H16S. The molecule has 62 valence electrons. The standard InChI is InChI=1S/C10H16S/c1-8(9(2)7-11)3-4-10-5-6-10/h5,7-9H,3-4,6H2,1-2H3/t8?,9-/m1/s1. The fourth-order valence-corrected chi connectivity index (χ4v) is 1.35. The molecule has 0 aromatic carbocycles. The minimum absolute atomic E-state index is 0.601. The molecule has 0 aromatic rings. The fourth-order valence-electron chi connectivity index (χ4n) is 1.09. The molecule has 0 saturated heterocycles. The smallest absolute Gasteiger partial charge is 0.0131 e. The van der Waals surface area contributed by atoms with Crippen LogP contribution in [0, 0.1) is 11.8 Å². The van der Waals surface area contributed by atoms with E-state index in [1.165, 1.54) is 19.3 Å². The first-order chi connectivity index (χ1) is 5.24. The molecule has 0 heterocycles. The maximum atomic E-state index is 4.91. The van der Waals surface area contributed by atoms with Crippen molar-refractivity contribution in [2.75, 3.05) is 0 Å². The number of thiocarbonyl (C=S) groups is 1. The fraction of sp³-hybridized carbons (Fsp3) is 0.700. The first kappa shape index (κ1) is 8.92. The van der Waals surface area contributed by atoms with Crippen molar-refractivity contribution in [2.24, 2.45) is 11.8 Å². The third kappa shape index (κ3) is 3.15. The lowest BCUT2D eigenvalue weighted by Gasteiger charge is -2.13. The zero-order chi connectivity index (χ0) is 8.27. The summed E-state index contributed by atoms with van der Waals surface area (Å²) in [6.07, 6.45) is 6.20. The molecule has 0 radical (unpaired) electrons. The molecule has 11 heavy (non-hydrogen) atoms. The number of rotatable bonds is 5. The molecule has 0 N–H and O–H groups in total. The molecule has 1 heteroatoms. The Labute approximate surface area is 74.7 Å². The van der Waals surface area contributed by atoms with Crippen LogP contribution >= 0.6 is 12.2 Å². The van der Waals surface area contributed by atoms with Gasteiger partial charge in [0.25, 0.3) is 0 Å². The van der Waals surface area contributed by atoms with Crippen LogP contribution in [0.4, 0.5) is 0 Å². The summed E-state index contributed by atoms with van der Waals surface area (Å²) in [4.78, 5) is 0. The molecule has 0 aromatic heterocycles. The van der Waals surface area contributed by atoms with E-state index in [1.807, 2.05) is 5.37 Å². The minimum atomic E-state index is 0.601. The summed E-state index contributed by atoms with van der Waals surface area (Å²) in [5, 5.41) is 1.89. The predicted octanol–water partition coefficient (Wildman–Crippen LogP) is 3.37. The average Bonchev–Trinajstić information content (AvgIpc) is 2.81. The van der Waals surface area contributed by atoms with Crippen LogP contribution in [0.15, 0.2) is 11.6 Å². The largest absolute Gasteiger partial charge is 0.0932 e. The molecule has 0 amide bonds. The van der Waals surface area contributed by atoms with Gasteiger partial charge in [0, 0.05) is 0 Å². The van der Waals surface area contributed by atoms with E-state index in [-0.39, 0.29) is 0 Å². The molecular weight excluding hydrogens is 152 g/mol. The summed E-state index contributed by atoms with van der Waals surface area (Å²) in [5.41, 5.74) is 1.65. The summed E-state index contributed by atoms with van der Waals surface area (Å²) in [6.45, 7) is 4.50. The van der Waals surface area contributed by atoms with E-state index in [4.69, 9.17) is 12.2 Å². The Morgan fingerprint density at radius 3 is 2.73 bits per heavy atom. The molecule has 1 aliphatic rings. The topological polar surface area (TPSA) is 0 Å². The Morgan fingerprint density at radius 1 is 1.64 bits per heavy atom. The van der Waals surface area contributed by atoms with E-state index in [1.54, 1.807) is 5.57 Å². The maximum Gasteiger partial charge on any atom is -0.0131 e. The predicted molar refractivity (Wildman–Crippen MR) is 53.9 cm³/mol. The van der Waals surface area contributed by atoms with E-state index in [2.05, 4.69) is 19.9 Å². The van der Waals surface area contributed by atoms with Crippen LogP contribution < -0.4 is 0 Å². The summed E-state index contributed by atoms with van der Waals surface area (Å²) in [7, 11) is 0. The van der Waals surface area contributed by atoms with E-state index >= 15 is 0 Å². The van der Waals surface area contributed by atoms with Crippen LogP contribution in [0.3, 0.4) is 0 Å². The molecule has 0 nitrogen and oxygen atoms in total. The van der Waals surface area contributed by atoms with Crippen LogP contribution in [0.5, 0.6) is 0 Å². The van der Waals surface area contributed by atoms with Crippen molar-refractivity contribution in [2.45, 2.75) is 33.1 Å². The zero-order valence-electron chi connectivity index (χ0n) is 7.34. The molecule has 0 bridgehead atoms. The highest BCUT2D eigenvalue weighted by Crippen LogP contribution is 2.27. The van der Waals surface area contributed by atoms with Gasteiger partial charge in [0.15, 0.2) is 0 Å². The third-order valence-corrected chi connectivity index (χ3v) is 2.96. The van der Waals surface area contributed by atoms with Crippen LogP contribution in [-0.4, -0.2) is 5.37 Å². The highest BCUT2D eigenvalue weighted by atomic mass is 32.1. The van der Waals surface area contributed by atoms with E-state index in [9.17, 15) is 0 Å². The summed E-state index contributed by atoms with van der Waals surface area (Å²) < 4.78 is 0. The Morgan fingerprint density at radius 2 is 2.27 bits per heavy atom. The second-order valence-corrected chi connectivity index (χ2v) is 3.85. The van der Waals surface area contributed by atoms with Gasteiger partial charge < -0.3 is 0 Å². The molecule has 0 saturated carbocycles. The van der Waals surface area contributed by atoms with Crippen molar-refractivity contribution in [1.29, 1.82) is 0 Å². The Hall–Kier alpha value is -0.170. The van der Waals surface area contributed by atoms with Crippen molar-refractivity contribution in [3.8, 4) is 0 Å². The van der Waals surface area contributed by atoms with Crippen molar-refractivity contribution in [1.82, 2.24) is 0 Å². The highest BCUT2D eigenvalue weighted by Gasteiger charge is 2.12. The normalized spacial score (nSPS) is 20.4. The van der Waals surface area contributed by atoms with Gasteiger partial charge in [-0.25, -0.2) is 0 Å². The number of hydrogen-bond acceptors (Lipinski definition) is 1. The van der Waals surface area contributed by atoms with Gasteiger partial charge in [0.1, 0.15) is 0 Å². The molecule has 0 spiro atoms. The SMILES string of the molecule is CC(CCC1=CC1)[C@H](C)C=S. The van der Waals surface area contributed by atoms with Gasteiger partial charge in [-0.1, -0.05) is 37.7 Å². The monoisotopic (exact) mass is 168 g/mol. The van der Waals surface area contributed by atoms with E-state index in [0.717, 1.165) is 5.92 Å². The molecule has 0 fully saturated rings. The van der Waals surface area contributed by atoms with Gasteiger partial charge in [0.2, 0.25) is 0 Å². The van der Waals surface area contributed by atoms with Crippen LogP contribution in [0.2, 0.25) is 0 Å². The molecule has 1 unspecified atom stereocenters. The molecule has 0 aliphatic heterocycles. The van der Waals surface area contributed by atoms with Gasteiger partial charge in [-0.2, -0.15) is 0 Å². The first-order valence-corrected chi connectivity index (χ1v) is 4.84. The van der Waals surface area contributed by atoms with E-state index < -0.39 is 0 Å². The van der Waals surface area contributed by atoms with Crippen LogP contribution in [0.1, 0.15) is 33.1 Å². The molecule has 1 aliphatic carbocycles. The zero-order valence-corrected chi connectivity index (χ0v) is 8.16. The van der Waals surface area contributed by atoms with Gasteiger partial charge in [-0.15, -0.1) is 0 Å². The second-order valence-electron chi connectivity index (χ2n) is 3.58. The third-order valence-electron chi connectivity index (χ3n) is 2.53. The lowest BCUT2D eigenvalue weighted by atomic mass is 9.93. The summed E-state index contributed by atoms with van der Waals surface area (Å²) in [5.74, 6) is 1.36. The summed E-state index contributed by atoms with van der Waals surface area (Å²) >= 11 is 4.91.